The van der Waals surface area contributed by atoms with E-state index in [0.717, 1.165) is 0 Å². The van der Waals surface area contributed by atoms with Gasteiger partial charge in [-0.2, -0.15) is 5.10 Å². The fraction of sp³-hybridized carbons (Fsp3) is 0.125. The molecule has 0 aromatic heterocycles. The molecule has 0 saturated carbocycles. The second-order valence-electron chi connectivity index (χ2n) is 6.84. The van der Waals surface area contributed by atoms with E-state index in [1.165, 1.54) is 13.3 Å². The van der Waals surface area contributed by atoms with Crippen molar-refractivity contribution in [2.75, 3.05) is 20.3 Å². The summed E-state index contributed by atoms with van der Waals surface area (Å²) in [5.41, 5.74) is 3.71. The largest absolute Gasteiger partial charge is 0.493 e. The minimum Gasteiger partial charge on any atom is -0.493 e. The lowest BCUT2D eigenvalue weighted by molar-refractivity contribution is 0.0729. The van der Waals surface area contributed by atoms with Crippen LogP contribution in [0.1, 0.15) is 26.3 Å². The number of esters is 1. The van der Waals surface area contributed by atoms with Crippen molar-refractivity contribution in [1.82, 2.24) is 5.43 Å². The van der Waals surface area contributed by atoms with Crippen molar-refractivity contribution in [2.24, 2.45) is 5.10 Å². The number of nitrogens with one attached hydrogen (secondary N) is 1. The number of carbonyl (C=O) groups excluding carboxylic acids is 2. The highest BCUT2D eigenvalue weighted by Crippen LogP contribution is 2.31. The van der Waals surface area contributed by atoms with E-state index in [1.54, 1.807) is 60.7 Å². The van der Waals surface area contributed by atoms with E-state index < -0.39 is 11.9 Å². The van der Waals surface area contributed by atoms with Gasteiger partial charge in [0.1, 0.15) is 13.2 Å². The predicted octanol–water partition coefficient (Wildman–Crippen LogP) is 4.10. The molecule has 3 aromatic rings. The summed E-state index contributed by atoms with van der Waals surface area (Å²) in [6.45, 7) is 0.909. The number of carbonyl (C=O) groups is 2. The molecular weight excluding hydrogens is 448 g/mol. The lowest BCUT2D eigenvalue weighted by Gasteiger charge is -2.18. The van der Waals surface area contributed by atoms with Crippen LogP contribution in [0.5, 0.6) is 23.0 Å². The highest BCUT2D eigenvalue weighted by molar-refractivity contribution is 6.33. The zero-order valence-electron chi connectivity index (χ0n) is 17.5. The number of rotatable bonds is 6. The number of fused-ring (bicyclic) bond motifs is 1. The first-order chi connectivity index (χ1) is 16.0. The predicted molar refractivity (Wildman–Crippen MR) is 122 cm³/mol. The number of nitrogens with zero attached hydrogens (tertiary/aromatic N) is 1. The van der Waals surface area contributed by atoms with Gasteiger partial charge in [0.25, 0.3) is 5.91 Å². The molecule has 0 bridgehead atoms. The molecule has 0 aliphatic carbocycles. The van der Waals surface area contributed by atoms with Crippen molar-refractivity contribution in [3.05, 3.63) is 82.4 Å². The molecule has 9 heteroatoms. The molecule has 168 valence electrons. The quantitative estimate of drug-likeness (QED) is 0.254. The summed E-state index contributed by atoms with van der Waals surface area (Å²) in [5, 5.41) is 4.27. The molecule has 0 saturated heterocycles. The van der Waals surface area contributed by atoms with Crippen molar-refractivity contribution in [2.45, 2.75) is 0 Å². The van der Waals surface area contributed by atoms with Crippen LogP contribution >= 0.6 is 11.6 Å². The minimum atomic E-state index is -0.605. The van der Waals surface area contributed by atoms with Gasteiger partial charge in [0, 0.05) is 5.56 Å². The molecular formula is C24H19ClN2O6. The topological polar surface area (TPSA) is 95.5 Å². The summed E-state index contributed by atoms with van der Waals surface area (Å²) in [6, 6.07) is 16.4. The van der Waals surface area contributed by atoms with Gasteiger partial charge in [-0.3, -0.25) is 4.79 Å². The number of hydrogen-bond acceptors (Lipinski definition) is 7. The zero-order chi connectivity index (χ0) is 23.2. The normalized spacial score (nSPS) is 12.3. The van der Waals surface area contributed by atoms with Crippen molar-refractivity contribution in [1.29, 1.82) is 0 Å². The van der Waals surface area contributed by atoms with Crippen molar-refractivity contribution in [3.8, 4) is 23.0 Å². The van der Waals surface area contributed by atoms with E-state index in [-0.39, 0.29) is 11.3 Å². The van der Waals surface area contributed by atoms with Gasteiger partial charge in [-0.1, -0.05) is 23.7 Å². The Bertz CT molecular complexity index is 1230. The maximum atomic E-state index is 12.4. The van der Waals surface area contributed by atoms with Gasteiger partial charge in [-0.25, -0.2) is 10.2 Å². The summed E-state index contributed by atoms with van der Waals surface area (Å²) in [5.74, 6) is 0.651. The molecule has 1 aliphatic heterocycles. The van der Waals surface area contributed by atoms with Gasteiger partial charge in [-0.15, -0.1) is 0 Å². The van der Waals surface area contributed by atoms with Gasteiger partial charge in [0.05, 0.1) is 23.9 Å². The molecule has 0 atom stereocenters. The lowest BCUT2D eigenvalue weighted by atomic mass is 10.2. The molecule has 1 aliphatic rings. The van der Waals surface area contributed by atoms with Crippen molar-refractivity contribution >= 4 is 29.7 Å². The van der Waals surface area contributed by atoms with Crippen molar-refractivity contribution in [3.63, 3.8) is 0 Å². The van der Waals surface area contributed by atoms with E-state index >= 15 is 0 Å². The van der Waals surface area contributed by atoms with Crippen LogP contribution in [0.2, 0.25) is 5.02 Å². The summed E-state index contributed by atoms with van der Waals surface area (Å²) in [7, 11) is 1.45. The Balaban J connectivity index is 1.42. The monoisotopic (exact) mass is 466 g/mol. The van der Waals surface area contributed by atoms with Gasteiger partial charge >= 0.3 is 5.97 Å². The van der Waals surface area contributed by atoms with Crippen LogP contribution in [0.3, 0.4) is 0 Å². The smallest absolute Gasteiger partial charge is 0.345 e. The van der Waals surface area contributed by atoms with Gasteiger partial charge in [0.15, 0.2) is 23.0 Å². The minimum absolute atomic E-state index is 0.222. The van der Waals surface area contributed by atoms with Crippen LogP contribution in [0.25, 0.3) is 0 Å². The Morgan fingerprint density at radius 2 is 1.79 bits per heavy atom. The summed E-state index contributed by atoms with van der Waals surface area (Å²) in [6.07, 6.45) is 1.44. The third-order valence-electron chi connectivity index (χ3n) is 4.67. The number of benzene rings is 3. The van der Waals surface area contributed by atoms with Gasteiger partial charge in [-0.05, 0) is 54.1 Å². The van der Waals surface area contributed by atoms with Crippen LogP contribution in [0.15, 0.2) is 65.8 Å². The number of methoxy groups -OCH3 is 1. The molecule has 4 rings (SSSR count). The average molecular weight is 467 g/mol. The Hall–Kier alpha value is -4.04. The van der Waals surface area contributed by atoms with Crippen LogP contribution in [-0.2, 0) is 0 Å². The number of ether oxygens (including phenoxy) is 4. The molecule has 0 radical (unpaired) electrons. The fourth-order valence-corrected chi connectivity index (χ4v) is 3.26. The number of hydrazone groups is 1. The van der Waals surface area contributed by atoms with E-state index in [2.05, 4.69) is 10.5 Å². The standard InChI is InChI=1S/C24H19ClN2O6/c1-30-21-12-15(6-8-20(21)33-24(29)17-4-2-3-5-18(17)25)14-26-27-23(28)16-7-9-19-22(13-16)32-11-10-31-19/h2-9,12-14H,10-11H2,1H3,(H,27,28)/b26-14+. The summed E-state index contributed by atoms with van der Waals surface area (Å²) >= 11 is 6.05. The highest BCUT2D eigenvalue weighted by Gasteiger charge is 2.16. The third kappa shape index (κ3) is 5.24. The molecule has 3 aromatic carbocycles. The highest BCUT2D eigenvalue weighted by atomic mass is 35.5. The molecule has 0 spiro atoms. The Kier molecular flexibility index (Phi) is 6.75. The number of halogens is 1. The Morgan fingerprint density at radius 1 is 1.00 bits per heavy atom. The van der Waals surface area contributed by atoms with E-state index in [1.807, 2.05) is 0 Å². The van der Waals surface area contributed by atoms with Crippen LogP contribution in [0.4, 0.5) is 0 Å². The first kappa shape index (κ1) is 22.2. The number of amides is 1. The second-order valence-corrected chi connectivity index (χ2v) is 7.24. The Labute approximate surface area is 194 Å². The molecule has 0 unspecified atom stereocenters. The van der Waals surface area contributed by atoms with Crippen molar-refractivity contribution < 1.29 is 28.5 Å². The second kappa shape index (κ2) is 10.1. The fourth-order valence-electron chi connectivity index (χ4n) is 3.04. The van der Waals surface area contributed by atoms with Gasteiger partial charge < -0.3 is 18.9 Å². The van der Waals surface area contributed by atoms with Crippen LogP contribution in [0, 0.1) is 0 Å². The molecule has 1 heterocycles. The molecule has 1 amide bonds. The first-order valence-electron chi connectivity index (χ1n) is 9.93. The summed E-state index contributed by atoms with van der Waals surface area (Å²) in [4.78, 5) is 24.8. The van der Waals surface area contributed by atoms with E-state index in [0.29, 0.717) is 46.6 Å². The SMILES string of the molecule is COc1cc(/C=N/NC(=O)c2ccc3c(c2)OCCO3)ccc1OC(=O)c1ccccc1Cl. The summed E-state index contributed by atoms with van der Waals surface area (Å²) < 4.78 is 21.7. The Morgan fingerprint density at radius 3 is 2.58 bits per heavy atom. The van der Waals surface area contributed by atoms with E-state index in [4.69, 9.17) is 30.5 Å². The first-order valence-corrected chi connectivity index (χ1v) is 10.3. The van der Waals surface area contributed by atoms with Crippen LogP contribution in [-0.4, -0.2) is 38.4 Å². The number of hydrogen-bond donors (Lipinski definition) is 1. The molecule has 0 fully saturated rings. The zero-order valence-corrected chi connectivity index (χ0v) is 18.3. The molecule has 33 heavy (non-hydrogen) atoms. The molecule has 8 nitrogen and oxygen atoms in total. The third-order valence-corrected chi connectivity index (χ3v) is 5.00. The average Bonchev–Trinajstić information content (AvgIpc) is 2.84. The van der Waals surface area contributed by atoms with Gasteiger partial charge in [0.2, 0.25) is 0 Å². The van der Waals surface area contributed by atoms with Crippen LogP contribution < -0.4 is 24.4 Å². The molecule has 1 N–H and O–H groups in total. The maximum absolute atomic E-state index is 12.4. The lowest BCUT2D eigenvalue weighted by Crippen LogP contribution is -2.19. The maximum Gasteiger partial charge on any atom is 0.345 e. The van der Waals surface area contributed by atoms with E-state index in [9.17, 15) is 9.59 Å².